The average Bonchev–Trinajstić information content (AvgIpc) is 2.91. The van der Waals surface area contributed by atoms with Gasteiger partial charge in [-0.25, -0.2) is 0 Å². The van der Waals surface area contributed by atoms with E-state index < -0.39 is 5.97 Å². The largest absolute Gasteiger partial charge is 0.481 e. The zero-order chi connectivity index (χ0) is 32.0. The van der Waals surface area contributed by atoms with E-state index in [1.54, 1.807) is 5.57 Å². The fourth-order valence-electron chi connectivity index (χ4n) is 11.5. The van der Waals surface area contributed by atoms with E-state index in [1.165, 1.54) is 0 Å². The Labute approximate surface area is 262 Å². The van der Waals surface area contributed by atoms with Crippen molar-refractivity contribution in [2.75, 3.05) is 26.9 Å². The van der Waals surface area contributed by atoms with Crippen molar-refractivity contribution in [2.45, 2.75) is 126 Å². The molecule has 0 aromatic heterocycles. The highest BCUT2D eigenvalue weighted by Gasteiger charge is 2.71. The summed E-state index contributed by atoms with van der Waals surface area (Å²) in [7, 11) is 1.84. The van der Waals surface area contributed by atoms with Gasteiger partial charge in [-0.1, -0.05) is 80.9 Å². The molecule has 1 aliphatic heterocycles. The molecule has 0 aromatic carbocycles. The van der Waals surface area contributed by atoms with Crippen molar-refractivity contribution in [2.24, 2.45) is 67.8 Å². The lowest BCUT2D eigenvalue weighted by molar-refractivity contribution is -0.268. The second-order valence-electron chi connectivity index (χ2n) is 18.1. The van der Waals surface area contributed by atoms with E-state index in [2.05, 4.69) is 75.3 Å². The maximum Gasteiger partial charge on any atom is 0.307 e. The van der Waals surface area contributed by atoms with Gasteiger partial charge in [0.2, 0.25) is 0 Å². The molecule has 0 amide bonds. The Morgan fingerprint density at radius 1 is 1.09 bits per heavy atom. The van der Waals surface area contributed by atoms with Crippen molar-refractivity contribution in [3.63, 3.8) is 0 Å². The number of rotatable bonds is 7. The minimum atomic E-state index is -0.605. The maximum absolute atomic E-state index is 13.3. The van der Waals surface area contributed by atoms with Crippen LogP contribution in [0.1, 0.15) is 108 Å². The van der Waals surface area contributed by atoms with Gasteiger partial charge in [0.15, 0.2) is 0 Å². The third-order valence-corrected chi connectivity index (χ3v) is 14.9. The summed E-state index contributed by atoms with van der Waals surface area (Å²) >= 11 is 0. The Balaban J connectivity index is 1.54. The first-order valence-electron chi connectivity index (χ1n) is 17.2. The van der Waals surface area contributed by atoms with Crippen LogP contribution in [0, 0.1) is 62.1 Å². The lowest BCUT2D eigenvalue weighted by Gasteiger charge is -2.71. The van der Waals surface area contributed by atoms with Crippen molar-refractivity contribution >= 4 is 5.97 Å². The third-order valence-electron chi connectivity index (χ3n) is 14.9. The Kier molecular flexibility index (Phi) is 8.40. The molecular weight excluding hydrogens is 538 g/mol. The van der Waals surface area contributed by atoms with Crippen LogP contribution in [0.25, 0.3) is 0 Å². The molecule has 246 valence electrons. The normalized spacial score (nSPS) is 47.6. The molecule has 4 fully saturated rings. The first kappa shape index (κ1) is 33.4. The SMILES string of the molecule is CO[C@@H]1C[C@@]23COC[C@](C)([C@@H]2CC[C@H]2C3=CC[C@@]3(C)[C@H](C(=O)O)[C@@](C)([C@H](C)C(C)C)CC[C@]23C)[C@H]1OC[C@@H](N)C(C)(C)C. The summed E-state index contributed by atoms with van der Waals surface area (Å²) < 4.78 is 19.6. The molecule has 2 bridgehead atoms. The van der Waals surface area contributed by atoms with E-state index >= 15 is 0 Å². The van der Waals surface area contributed by atoms with Crippen LogP contribution in [0.5, 0.6) is 0 Å². The first-order chi connectivity index (χ1) is 19.8. The maximum atomic E-state index is 13.3. The van der Waals surface area contributed by atoms with Gasteiger partial charge in [-0.3, -0.25) is 4.79 Å². The predicted molar refractivity (Wildman–Crippen MR) is 172 cm³/mol. The van der Waals surface area contributed by atoms with E-state index in [9.17, 15) is 9.90 Å². The molecule has 1 heterocycles. The molecule has 6 heteroatoms. The fraction of sp³-hybridized carbons (Fsp3) is 0.919. The van der Waals surface area contributed by atoms with Crippen molar-refractivity contribution in [1.82, 2.24) is 0 Å². The number of carboxylic acids is 1. The van der Waals surface area contributed by atoms with Crippen LogP contribution in [0.3, 0.4) is 0 Å². The number of carboxylic acid groups (broad SMARTS) is 1. The van der Waals surface area contributed by atoms with Crippen LogP contribution in [0.15, 0.2) is 11.6 Å². The van der Waals surface area contributed by atoms with Gasteiger partial charge in [0.25, 0.3) is 0 Å². The second kappa shape index (κ2) is 10.8. The van der Waals surface area contributed by atoms with E-state index in [-0.39, 0.29) is 56.7 Å². The van der Waals surface area contributed by atoms with Gasteiger partial charge in [0.1, 0.15) is 0 Å². The van der Waals surface area contributed by atoms with Crippen molar-refractivity contribution in [3.05, 3.63) is 11.6 Å². The molecule has 0 unspecified atom stereocenters. The van der Waals surface area contributed by atoms with Gasteiger partial charge in [0, 0.05) is 24.0 Å². The number of allylic oxidation sites excluding steroid dienone is 1. The van der Waals surface area contributed by atoms with Gasteiger partial charge in [-0.05, 0) is 83.9 Å². The standard InChI is InChI=1S/C37H63NO5/c1-22(2)23(3)33(7)16-17-35(9)24-12-13-27-34(8)20-42-21-37(27,25(24)14-15-36(35,10)29(33)31(39)40)18-26(41-11)30(34)43-19-28(38)32(4,5)6/h14,22-24,26-30H,12-13,15-21,38H2,1-11H3,(H,39,40)/t23-,24+,26-,27+,28-,29-,30+,33-,34-,35-,36+,37+/m1/s1. The van der Waals surface area contributed by atoms with E-state index in [0.29, 0.717) is 36.9 Å². The van der Waals surface area contributed by atoms with E-state index in [0.717, 1.165) is 45.1 Å². The van der Waals surface area contributed by atoms with Gasteiger partial charge >= 0.3 is 5.97 Å². The number of carbonyl (C=O) groups is 1. The molecule has 4 aliphatic carbocycles. The van der Waals surface area contributed by atoms with Crippen LogP contribution < -0.4 is 5.73 Å². The van der Waals surface area contributed by atoms with E-state index in [1.807, 2.05) is 7.11 Å². The molecule has 6 nitrogen and oxygen atoms in total. The zero-order valence-corrected chi connectivity index (χ0v) is 29.2. The summed E-state index contributed by atoms with van der Waals surface area (Å²) in [6.45, 7) is 24.7. The van der Waals surface area contributed by atoms with E-state index in [4.69, 9.17) is 19.9 Å². The molecule has 0 spiro atoms. The molecule has 3 saturated carbocycles. The first-order valence-corrected chi connectivity index (χ1v) is 17.2. The Morgan fingerprint density at radius 2 is 1.77 bits per heavy atom. The summed E-state index contributed by atoms with van der Waals surface area (Å²) in [5.41, 5.74) is 7.19. The average molecular weight is 602 g/mol. The number of methoxy groups -OCH3 is 1. The highest BCUT2D eigenvalue weighted by atomic mass is 16.5. The van der Waals surface area contributed by atoms with Gasteiger partial charge in [-0.15, -0.1) is 0 Å². The molecule has 3 N–H and O–H groups in total. The van der Waals surface area contributed by atoms with Gasteiger partial charge in [0.05, 0.1) is 37.9 Å². The van der Waals surface area contributed by atoms with Crippen LogP contribution in [0.2, 0.25) is 0 Å². The third kappa shape index (κ3) is 4.65. The summed E-state index contributed by atoms with van der Waals surface area (Å²) in [4.78, 5) is 13.3. The second-order valence-corrected chi connectivity index (χ2v) is 18.1. The zero-order valence-electron chi connectivity index (χ0n) is 29.2. The van der Waals surface area contributed by atoms with Crippen LogP contribution in [0.4, 0.5) is 0 Å². The number of hydrogen-bond acceptors (Lipinski definition) is 5. The molecule has 12 atom stereocenters. The number of aliphatic carboxylic acids is 1. The number of fused-ring (bicyclic) bond motifs is 3. The molecule has 43 heavy (non-hydrogen) atoms. The van der Waals surface area contributed by atoms with Crippen LogP contribution in [-0.4, -0.2) is 56.3 Å². The highest BCUT2D eigenvalue weighted by molar-refractivity contribution is 5.73. The molecule has 0 radical (unpaired) electrons. The summed E-state index contributed by atoms with van der Waals surface area (Å²) in [6.07, 6.45) is 8.37. The summed E-state index contributed by atoms with van der Waals surface area (Å²) in [5.74, 6) is 0.606. The summed E-state index contributed by atoms with van der Waals surface area (Å²) in [6, 6.07) is -0.0585. The highest BCUT2D eigenvalue weighted by Crippen LogP contribution is 2.75. The van der Waals surface area contributed by atoms with Crippen molar-refractivity contribution < 1.29 is 24.1 Å². The smallest absolute Gasteiger partial charge is 0.307 e. The summed E-state index contributed by atoms with van der Waals surface area (Å²) in [5, 5.41) is 10.9. The predicted octanol–water partition coefficient (Wildman–Crippen LogP) is 7.35. The minimum Gasteiger partial charge on any atom is -0.481 e. The van der Waals surface area contributed by atoms with Crippen molar-refractivity contribution in [1.29, 1.82) is 0 Å². The Bertz CT molecular complexity index is 1110. The van der Waals surface area contributed by atoms with Gasteiger partial charge in [-0.2, -0.15) is 0 Å². The topological polar surface area (TPSA) is 91.0 Å². The molecule has 1 saturated heterocycles. The quantitative estimate of drug-likeness (QED) is 0.297. The van der Waals surface area contributed by atoms with Crippen LogP contribution in [-0.2, 0) is 19.0 Å². The molecular formula is C37H63NO5. The fourth-order valence-corrected chi connectivity index (χ4v) is 11.5. The Morgan fingerprint density at radius 3 is 2.35 bits per heavy atom. The molecule has 5 rings (SSSR count). The molecule has 0 aromatic rings. The van der Waals surface area contributed by atoms with Gasteiger partial charge < -0.3 is 25.1 Å². The minimum absolute atomic E-state index is 0.0329. The number of ether oxygens (including phenoxy) is 3. The lowest BCUT2D eigenvalue weighted by Crippen LogP contribution is -2.70. The van der Waals surface area contributed by atoms with Crippen LogP contribution >= 0.6 is 0 Å². The number of hydrogen-bond donors (Lipinski definition) is 2. The molecule has 5 aliphatic rings. The Hall–Kier alpha value is -0.950. The lowest BCUT2D eigenvalue weighted by atomic mass is 9.34. The van der Waals surface area contributed by atoms with Crippen molar-refractivity contribution in [3.8, 4) is 0 Å². The monoisotopic (exact) mass is 601 g/mol. The number of nitrogens with two attached hydrogens (primary N) is 1.